The highest BCUT2D eigenvalue weighted by atomic mass is 16.4. The van der Waals surface area contributed by atoms with Crippen LogP contribution in [0.5, 0.6) is 0 Å². The summed E-state index contributed by atoms with van der Waals surface area (Å²) >= 11 is 0. The highest BCUT2D eigenvalue weighted by molar-refractivity contribution is 5.67. The van der Waals surface area contributed by atoms with Gasteiger partial charge in [-0.15, -0.1) is 0 Å². The number of aliphatic carboxylic acids is 3. The summed E-state index contributed by atoms with van der Waals surface area (Å²) < 4.78 is 0. The van der Waals surface area contributed by atoms with Crippen LogP contribution in [0.2, 0.25) is 0 Å². The smallest absolute Gasteiger partial charge is 0.303 e. The van der Waals surface area contributed by atoms with Gasteiger partial charge in [0.1, 0.15) is 0 Å². The number of carboxylic acids is 3. The SMILES string of the molecule is CCCCCCCCCCCCCCCC(=O)O.O=C(O)CCCCCC(=O)O. The number of carbonyl (C=O) groups is 3. The van der Waals surface area contributed by atoms with Crippen LogP contribution in [0.3, 0.4) is 0 Å². The highest BCUT2D eigenvalue weighted by Crippen LogP contribution is 2.12. The monoisotopic (exact) mass is 416 g/mol. The molecule has 0 aromatic heterocycles. The van der Waals surface area contributed by atoms with Crippen LogP contribution in [-0.4, -0.2) is 33.2 Å². The molecule has 6 nitrogen and oxygen atoms in total. The number of hydrogen-bond acceptors (Lipinski definition) is 3. The van der Waals surface area contributed by atoms with Crippen molar-refractivity contribution in [2.24, 2.45) is 0 Å². The lowest BCUT2D eigenvalue weighted by Crippen LogP contribution is -1.96. The molecule has 3 N–H and O–H groups in total. The molecule has 0 saturated carbocycles. The largest absolute Gasteiger partial charge is 0.481 e. The lowest BCUT2D eigenvalue weighted by atomic mass is 10.0. The molecule has 0 fully saturated rings. The van der Waals surface area contributed by atoms with Crippen molar-refractivity contribution in [1.29, 1.82) is 0 Å². The Morgan fingerprint density at radius 1 is 0.414 bits per heavy atom. The van der Waals surface area contributed by atoms with E-state index in [0.717, 1.165) is 12.8 Å². The van der Waals surface area contributed by atoms with Gasteiger partial charge in [0.15, 0.2) is 0 Å². The Hall–Kier alpha value is -1.59. The molecule has 0 spiro atoms. The fourth-order valence-electron chi connectivity index (χ4n) is 3.02. The van der Waals surface area contributed by atoms with E-state index in [2.05, 4.69) is 6.92 Å². The van der Waals surface area contributed by atoms with E-state index >= 15 is 0 Å². The molecule has 0 aliphatic heterocycles. The van der Waals surface area contributed by atoms with Crippen molar-refractivity contribution < 1.29 is 29.7 Å². The second-order valence-corrected chi connectivity index (χ2v) is 7.73. The van der Waals surface area contributed by atoms with Gasteiger partial charge in [-0.1, -0.05) is 90.4 Å². The molecule has 0 saturated heterocycles. The van der Waals surface area contributed by atoms with Crippen LogP contribution in [0.4, 0.5) is 0 Å². The Labute approximate surface area is 177 Å². The molecule has 0 aliphatic carbocycles. The molecular formula is C23H44O6. The number of carboxylic acid groups (broad SMARTS) is 3. The topological polar surface area (TPSA) is 112 Å². The second-order valence-electron chi connectivity index (χ2n) is 7.73. The summed E-state index contributed by atoms with van der Waals surface area (Å²) in [5.41, 5.74) is 0. The fourth-order valence-corrected chi connectivity index (χ4v) is 3.02. The van der Waals surface area contributed by atoms with Crippen molar-refractivity contribution >= 4 is 17.9 Å². The van der Waals surface area contributed by atoms with Crippen LogP contribution in [-0.2, 0) is 14.4 Å². The van der Waals surface area contributed by atoms with Gasteiger partial charge in [-0.25, -0.2) is 0 Å². The zero-order valence-corrected chi connectivity index (χ0v) is 18.5. The van der Waals surface area contributed by atoms with Gasteiger partial charge >= 0.3 is 17.9 Å². The molecule has 0 radical (unpaired) electrons. The molecule has 172 valence electrons. The highest BCUT2D eigenvalue weighted by Gasteiger charge is 1.99. The molecule has 29 heavy (non-hydrogen) atoms. The maximum Gasteiger partial charge on any atom is 0.303 e. The number of rotatable bonds is 20. The Morgan fingerprint density at radius 2 is 0.621 bits per heavy atom. The predicted octanol–water partition coefficient (Wildman–Crippen LogP) is 6.66. The normalized spacial score (nSPS) is 10.2. The number of hydrogen-bond donors (Lipinski definition) is 3. The molecule has 0 heterocycles. The quantitative estimate of drug-likeness (QED) is 0.191. The van der Waals surface area contributed by atoms with E-state index in [1.807, 2.05) is 0 Å². The van der Waals surface area contributed by atoms with Crippen molar-refractivity contribution in [2.45, 2.75) is 129 Å². The first-order valence-corrected chi connectivity index (χ1v) is 11.6. The summed E-state index contributed by atoms with van der Waals surface area (Å²) in [7, 11) is 0. The zero-order chi connectivity index (χ0) is 22.2. The molecule has 0 amide bonds. The van der Waals surface area contributed by atoms with Gasteiger partial charge in [0.2, 0.25) is 0 Å². The Bertz CT molecular complexity index is 379. The van der Waals surface area contributed by atoms with E-state index in [9.17, 15) is 14.4 Å². The van der Waals surface area contributed by atoms with Crippen LogP contribution in [0, 0.1) is 0 Å². The van der Waals surface area contributed by atoms with E-state index < -0.39 is 17.9 Å². The van der Waals surface area contributed by atoms with Gasteiger partial charge in [-0.3, -0.25) is 14.4 Å². The summed E-state index contributed by atoms with van der Waals surface area (Å²) in [5, 5.41) is 24.9. The van der Waals surface area contributed by atoms with E-state index in [0.29, 0.717) is 25.7 Å². The Morgan fingerprint density at radius 3 is 0.862 bits per heavy atom. The van der Waals surface area contributed by atoms with Crippen molar-refractivity contribution in [2.75, 3.05) is 0 Å². The van der Waals surface area contributed by atoms with Crippen molar-refractivity contribution in [1.82, 2.24) is 0 Å². The van der Waals surface area contributed by atoms with Gasteiger partial charge in [-0.2, -0.15) is 0 Å². The summed E-state index contributed by atoms with van der Waals surface area (Å²) in [6.07, 6.45) is 19.4. The first-order chi connectivity index (χ1) is 13.9. The van der Waals surface area contributed by atoms with Crippen LogP contribution < -0.4 is 0 Å². The van der Waals surface area contributed by atoms with Crippen molar-refractivity contribution in [3.8, 4) is 0 Å². The Kier molecular flexibility index (Phi) is 25.0. The van der Waals surface area contributed by atoms with Gasteiger partial charge in [0, 0.05) is 19.3 Å². The van der Waals surface area contributed by atoms with Crippen LogP contribution in [0.15, 0.2) is 0 Å². The minimum absolute atomic E-state index is 0.139. The molecule has 0 aromatic carbocycles. The summed E-state index contributed by atoms with van der Waals surface area (Å²) in [4.78, 5) is 30.3. The lowest BCUT2D eigenvalue weighted by molar-refractivity contribution is -0.138. The Balaban J connectivity index is 0. The third-order valence-electron chi connectivity index (χ3n) is 4.78. The molecule has 0 unspecified atom stereocenters. The molecule has 0 bridgehead atoms. The summed E-state index contributed by atoms with van der Waals surface area (Å²) in [6.45, 7) is 2.26. The predicted molar refractivity (Wildman–Crippen MR) is 116 cm³/mol. The molecule has 0 atom stereocenters. The molecular weight excluding hydrogens is 372 g/mol. The summed E-state index contributed by atoms with van der Waals surface area (Å²) in [5.74, 6) is -2.29. The lowest BCUT2D eigenvalue weighted by Gasteiger charge is -2.02. The molecule has 0 rings (SSSR count). The maximum absolute atomic E-state index is 10.3. The third-order valence-corrected chi connectivity index (χ3v) is 4.78. The standard InChI is InChI=1S/C16H32O2.C7H12O4/c1-2-3-4-5-6-7-8-9-10-11-12-13-14-15-16(17)18;8-6(9)4-2-1-3-5-7(10)11/h2-15H2,1H3,(H,17,18);1-5H2,(H,8,9)(H,10,11). The number of unbranched alkanes of at least 4 members (excludes halogenated alkanes) is 14. The second kappa shape index (κ2) is 24.4. The minimum Gasteiger partial charge on any atom is -0.481 e. The molecule has 0 aliphatic rings. The minimum atomic E-state index is -0.819. The van der Waals surface area contributed by atoms with Crippen LogP contribution >= 0.6 is 0 Å². The zero-order valence-electron chi connectivity index (χ0n) is 18.5. The first-order valence-electron chi connectivity index (χ1n) is 11.6. The van der Waals surface area contributed by atoms with E-state index in [-0.39, 0.29) is 12.8 Å². The maximum atomic E-state index is 10.3. The van der Waals surface area contributed by atoms with Gasteiger partial charge in [0.25, 0.3) is 0 Å². The van der Waals surface area contributed by atoms with Gasteiger partial charge in [0.05, 0.1) is 0 Å². The van der Waals surface area contributed by atoms with E-state index in [1.54, 1.807) is 0 Å². The fraction of sp³-hybridized carbons (Fsp3) is 0.870. The van der Waals surface area contributed by atoms with Crippen LogP contribution in [0.25, 0.3) is 0 Å². The van der Waals surface area contributed by atoms with Crippen molar-refractivity contribution in [3.63, 3.8) is 0 Å². The van der Waals surface area contributed by atoms with Crippen LogP contribution in [0.1, 0.15) is 129 Å². The van der Waals surface area contributed by atoms with Gasteiger partial charge < -0.3 is 15.3 Å². The molecule has 0 aromatic rings. The average molecular weight is 417 g/mol. The van der Waals surface area contributed by atoms with Crippen molar-refractivity contribution in [3.05, 3.63) is 0 Å². The van der Waals surface area contributed by atoms with E-state index in [4.69, 9.17) is 15.3 Å². The summed E-state index contributed by atoms with van der Waals surface area (Å²) in [6, 6.07) is 0. The molecule has 6 heteroatoms. The first kappa shape index (κ1) is 29.6. The van der Waals surface area contributed by atoms with E-state index in [1.165, 1.54) is 70.6 Å². The average Bonchev–Trinajstić information content (AvgIpc) is 2.65. The van der Waals surface area contributed by atoms with Gasteiger partial charge in [-0.05, 0) is 19.3 Å². The third kappa shape index (κ3) is 34.3.